The van der Waals surface area contributed by atoms with E-state index in [0.717, 1.165) is 0 Å². The van der Waals surface area contributed by atoms with E-state index in [-0.39, 0.29) is 22.8 Å². The standard InChI is InChI=1S/C19H14ClFN4O3/c20-13-7-11(1-2-14(13)21)9-25-6-5-24-10-12(15-8-22-3-4-23-15)17(26)18(27)16(24)19(25)28/h1-4,7-8,10,27H,5-6,9H2. The molecule has 1 aromatic carbocycles. The fraction of sp³-hybridized carbons (Fsp3) is 0.158. The Morgan fingerprint density at radius 3 is 2.75 bits per heavy atom. The monoisotopic (exact) mass is 400 g/mol. The van der Waals surface area contributed by atoms with Crippen LogP contribution in [0.3, 0.4) is 0 Å². The summed E-state index contributed by atoms with van der Waals surface area (Å²) in [6.07, 6.45) is 5.84. The number of hydrogen-bond acceptors (Lipinski definition) is 5. The first-order valence-corrected chi connectivity index (χ1v) is 8.79. The summed E-state index contributed by atoms with van der Waals surface area (Å²) in [5.41, 5.74) is 0.352. The van der Waals surface area contributed by atoms with E-state index in [1.807, 2.05) is 0 Å². The Morgan fingerprint density at radius 1 is 1.21 bits per heavy atom. The number of carbonyl (C=O) groups excluding carboxylic acids is 1. The largest absolute Gasteiger partial charge is 0.503 e. The number of hydrogen-bond donors (Lipinski definition) is 1. The molecule has 4 rings (SSSR count). The van der Waals surface area contributed by atoms with Crippen molar-refractivity contribution < 1.29 is 14.3 Å². The van der Waals surface area contributed by atoms with Gasteiger partial charge in [0.25, 0.3) is 5.91 Å². The molecule has 9 heteroatoms. The van der Waals surface area contributed by atoms with Crippen molar-refractivity contribution in [1.82, 2.24) is 19.4 Å². The second-order valence-corrected chi connectivity index (χ2v) is 6.74. The smallest absolute Gasteiger partial charge is 0.274 e. The molecule has 1 aliphatic heterocycles. The maximum atomic E-state index is 13.3. The topological polar surface area (TPSA) is 88.3 Å². The fourth-order valence-corrected chi connectivity index (χ4v) is 3.36. The van der Waals surface area contributed by atoms with Crippen LogP contribution in [0.5, 0.6) is 5.75 Å². The van der Waals surface area contributed by atoms with Gasteiger partial charge in [0.2, 0.25) is 5.43 Å². The van der Waals surface area contributed by atoms with Crippen LogP contribution in [-0.4, -0.2) is 37.0 Å². The molecule has 0 spiro atoms. The first-order valence-electron chi connectivity index (χ1n) is 8.41. The highest BCUT2D eigenvalue weighted by molar-refractivity contribution is 6.30. The molecule has 1 aliphatic rings. The van der Waals surface area contributed by atoms with Gasteiger partial charge in [-0.2, -0.15) is 0 Å². The summed E-state index contributed by atoms with van der Waals surface area (Å²) in [7, 11) is 0. The number of nitrogens with zero attached hydrogens (tertiary/aromatic N) is 4. The molecule has 1 amide bonds. The van der Waals surface area contributed by atoms with Gasteiger partial charge >= 0.3 is 0 Å². The van der Waals surface area contributed by atoms with Crippen LogP contribution in [0.4, 0.5) is 4.39 Å². The molecule has 0 unspecified atom stereocenters. The second kappa shape index (κ2) is 7.05. The van der Waals surface area contributed by atoms with Gasteiger partial charge in [0, 0.05) is 38.2 Å². The molecule has 1 N–H and O–H groups in total. The lowest BCUT2D eigenvalue weighted by atomic mass is 10.1. The Labute approximate surface area is 163 Å². The van der Waals surface area contributed by atoms with Crippen LogP contribution in [0.1, 0.15) is 16.1 Å². The number of aromatic hydroxyl groups is 1. The number of carbonyl (C=O) groups is 1. The molecule has 3 aromatic rings. The minimum Gasteiger partial charge on any atom is -0.503 e. The molecular formula is C19H14ClFN4O3. The molecule has 28 heavy (non-hydrogen) atoms. The summed E-state index contributed by atoms with van der Waals surface area (Å²) in [6.45, 7) is 0.901. The lowest BCUT2D eigenvalue weighted by molar-refractivity contribution is 0.0683. The molecule has 7 nitrogen and oxygen atoms in total. The molecule has 0 radical (unpaired) electrons. The number of aromatic nitrogens is 3. The van der Waals surface area contributed by atoms with Gasteiger partial charge in [0.15, 0.2) is 11.4 Å². The average Bonchev–Trinajstić information content (AvgIpc) is 2.70. The average molecular weight is 401 g/mol. The van der Waals surface area contributed by atoms with E-state index in [9.17, 15) is 19.1 Å². The first-order chi connectivity index (χ1) is 13.5. The summed E-state index contributed by atoms with van der Waals surface area (Å²) in [4.78, 5) is 34.9. The normalized spacial score (nSPS) is 13.5. The third kappa shape index (κ3) is 3.11. The zero-order valence-corrected chi connectivity index (χ0v) is 15.2. The molecular weight excluding hydrogens is 387 g/mol. The zero-order valence-electron chi connectivity index (χ0n) is 14.5. The molecule has 3 heterocycles. The van der Waals surface area contributed by atoms with Crippen LogP contribution in [0.2, 0.25) is 5.02 Å². The summed E-state index contributed by atoms with van der Waals surface area (Å²) in [5, 5.41) is 10.4. The van der Waals surface area contributed by atoms with E-state index in [2.05, 4.69) is 9.97 Å². The Morgan fingerprint density at radius 2 is 2.04 bits per heavy atom. The van der Waals surface area contributed by atoms with E-state index in [1.165, 1.54) is 52.5 Å². The van der Waals surface area contributed by atoms with E-state index in [4.69, 9.17) is 11.6 Å². The molecule has 0 fully saturated rings. The number of fused-ring (bicyclic) bond motifs is 1. The van der Waals surface area contributed by atoms with Crippen molar-refractivity contribution in [2.45, 2.75) is 13.1 Å². The molecule has 2 aromatic heterocycles. The summed E-state index contributed by atoms with van der Waals surface area (Å²) in [5.74, 6) is -1.66. The van der Waals surface area contributed by atoms with Gasteiger partial charge in [-0.15, -0.1) is 0 Å². The van der Waals surface area contributed by atoms with Crippen molar-refractivity contribution in [1.29, 1.82) is 0 Å². The van der Waals surface area contributed by atoms with Crippen molar-refractivity contribution in [3.63, 3.8) is 0 Å². The van der Waals surface area contributed by atoms with E-state index in [1.54, 1.807) is 0 Å². The lowest BCUT2D eigenvalue weighted by Gasteiger charge is -2.30. The highest BCUT2D eigenvalue weighted by atomic mass is 35.5. The summed E-state index contributed by atoms with van der Waals surface area (Å²) in [6, 6.07) is 4.21. The number of rotatable bonds is 3. The van der Waals surface area contributed by atoms with Gasteiger partial charge in [-0.05, 0) is 17.7 Å². The lowest BCUT2D eigenvalue weighted by Crippen LogP contribution is -2.41. The number of amides is 1. The van der Waals surface area contributed by atoms with Crippen molar-refractivity contribution in [3.8, 4) is 17.0 Å². The predicted molar refractivity (Wildman–Crippen MR) is 99.5 cm³/mol. The van der Waals surface area contributed by atoms with Crippen LogP contribution in [0, 0.1) is 5.82 Å². The third-order valence-electron chi connectivity index (χ3n) is 4.55. The summed E-state index contributed by atoms with van der Waals surface area (Å²) >= 11 is 5.80. The van der Waals surface area contributed by atoms with E-state index >= 15 is 0 Å². The maximum absolute atomic E-state index is 13.3. The van der Waals surface area contributed by atoms with Gasteiger partial charge in [-0.3, -0.25) is 19.6 Å². The van der Waals surface area contributed by atoms with Gasteiger partial charge in [0.1, 0.15) is 5.82 Å². The second-order valence-electron chi connectivity index (χ2n) is 6.33. The number of benzene rings is 1. The highest BCUT2D eigenvalue weighted by Crippen LogP contribution is 2.25. The van der Waals surface area contributed by atoms with E-state index < -0.39 is 22.9 Å². The Balaban J connectivity index is 1.69. The summed E-state index contributed by atoms with van der Waals surface area (Å²) < 4.78 is 14.9. The van der Waals surface area contributed by atoms with Crippen molar-refractivity contribution in [2.24, 2.45) is 0 Å². The zero-order chi connectivity index (χ0) is 19.8. The highest BCUT2D eigenvalue weighted by Gasteiger charge is 2.30. The minimum absolute atomic E-state index is 0.0324. The van der Waals surface area contributed by atoms with Gasteiger partial charge in [-0.25, -0.2) is 4.39 Å². The van der Waals surface area contributed by atoms with Crippen LogP contribution in [0.15, 0.2) is 47.8 Å². The van der Waals surface area contributed by atoms with Gasteiger partial charge in [-0.1, -0.05) is 17.7 Å². The molecule has 0 bridgehead atoms. The quantitative estimate of drug-likeness (QED) is 0.729. The van der Waals surface area contributed by atoms with Gasteiger partial charge < -0.3 is 14.6 Å². The Kier molecular flexibility index (Phi) is 4.56. The first kappa shape index (κ1) is 18.1. The van der Waals surface area contributed by atoms with Crippen molar-refractivity contribution in [2.75, 3.05) is 6.54 Å². The molecule has 0 saturated heterocycles. The number of pyridine rings is 1. The van der Waals surface area contributed by atoms with Crippen molar-refractivity contribution >= 4 is 17.5 Å². The number of halogens is 2. The van der Waals surface area contributed by atoms with E-state index in [0.29, 0.717) is 24.3 Å². The molecule has 0 aliphatic carbocycles. The minimum atomic E-state index is -0.688. The van der Waals surface area contributed by atoms with Crippen LogP contribution < -0.4 is 5.43 Å². The maximum Gasteiger partial charge on any atom is 0.274 e. The predicted octanol–water partition coefficient (Wildman–Crippen LogP) is 2.46. The van der Waals surface area contributed by atoms with Gasteiger partial charge in [0.05, 0.1) is 22.5 Å². The third-order valence-corrected chi connectivity index (χ3v) is 4.84. The molecule has 0 saturated carbocycles. The fourth-order valence-electron chi connectivity index (χ4n) is 3.16. The van der Waals surface area contributed by atoms with Crippen LogP contribution in [-0.2, 0) is 13.1 Å². The van der Waals surface area contributed by atoms with Crippen LogP contribution in [0.25, 0.3) is 11.3 Å². The van der Waals surface area contributed by atoms with Crippen molar-refractivity contribution in [3.05, 3.63) is 75.3 Å². The SMILES string of the molecule is O=C1c2c(O)c(=O)c(-c3cnccn3)cn2CCN1Cc1ccc(F)c(Cl)c1. The van der Waals surface area contributed by atoms with Crippen LogP contribution >= 0.6 is 11.6 Å². The Hall–Kier alpha value is -3.26. The molecule has 0 atom stereocenters. The Bertz CT molecular complexity index is 1130. The molecule has 142 valence electrons.